The highest BCUT2D eigenvalue weighted by Gasteiger charge is 2.32. The van der Waals surface area contributed by atoms with Gasteiger partial charge in [0.05, 0.1) is 12.0 Å². The molecule has 6 heteroatoms. The number of carbonyl (C=O) groups is 3. The molecule has 0 aromatic carbocycles. The summed E-state index contributed by atoms with van der Waals surface area (Å²) in [6.07, 6.45) is 1.92. The number of carbonyl (C=O) groups excluding carboxylic acids is 3. The Labute approximate surface area is 133 Å². The first kappa shape index (κ1) is 20.4. The molecule has 22 heavy (non-hydrogen) atoms. The van der Waals surface area contributed by atoms with Gasteiger partial charge in [-0.05, 0) is 47.5 Å². The van der Waals surface area contributed by atoms with Crippen molar-refractivity contribution in [2.75, 3.05) is 19.7 Å². The lowest BCUT2D eigenvalue weighted by atomic mass is 9.84. The first-order chi connectivity index (χ1) is 10.3. The van der Waals surface area contributed by atoms with Gasteiger partial charge in [0.2, 0.25) is 12.3 Å². The molecular weight excluding hydrogens is 284 g/mol. The molecule has 0 saturated carbocycles. The van der Waals surface area contributed by atoms with Gasteiger partial charge in [0.1, 0.15) is 0 Å². The molecule has 0 bridgehead atoms. The minimum Gasteiger partial charge on any atom is -0.466 e. The van der Waals surface area contributed by atoms with Gasteiger partial charge in [-0.3, -0.25) is 14.4 Å². The van der Waals surface area contributed by atoms with Gasteiger partial charge >= 0.3 is 5.97 Å². The molecule has 1 atom stereocenters. The molecule has 0 radical (unpaired) electrons. The van der Waals surface area contributed by atoms with Crippen LogP contribution in [0.5, 0.6) is 0 Å². The average molecular weight is 314 g/mol. The van der Waals surface area contributed by atoms with E-state index in [1.54, 1.807) is 25.7 Å². The van der Waals surface area contributed by atoms with Crippen LogP contribution < -0.4 is 5.32 Å². The molecule has 0 spiro atoms. The fourth-order valence-corrected chi connectivity index (χ4v) is 2.40. The van der Waals surface area contributed by atoms with Crippen molar-refractivity contribution in [2.45, 2.75) is 59.9 Å². The Balaban J connectivity index is 4.63. The van der Waals surface area contributed by atoms with Crippen molar-refractivity contribution >= 4 is 18.3 Å². The zero-order valence-electron chi connectivity index (χ0n) is 14.5. The summed E-state index contributed by atoms with van der Waals surface area (Å²) < 4.78 is 5.05. The number of nitrogens with zero attached hydrogens (tertiary/aromatic N) is 1. The number of rotatable bonds is 11. The van der Waals surface area contributed by atoms with E-state index in [0.29, 0.717) is 45.4 Å². The van der Waals surface area contributed by atoms with Gasteiger partial charge in [-0.2, -0.15) is 0 Å². The second-order valence-corrected chi connectivity index (χ2v) is 5.89. The van der Waals surface area contributed by atoms with Gasteiger partial charge in [0, 0.05) is 25.6 Å². The summed E-state index contributed by atoms with van der Waals surface area (Å²) in [5.74, 6) is -0.223. The van der Waals surface area contributed by atoms with Crippen LogP contribution in [0.2, 0.25) is 0 Å². The highest BCUT2D eigenvalue weighted by Crippen LogP contribution is 2.26. The van der Waals surface area contributed by atoms with Crippen molar-refractivity contribution in [1.82, 2.24) is 10.2 Å². The van der Waals surface area contributed by atoms with Crippen LogP contribution in [0.3, 0.4) is 0 Å². The summed E-state index contributed by atoms with van der Waals surface area (Å²) in [5, 5.41) is 2.71. The van der Waals surface area contributed by atoms with Crippen molar-refractivity contribution in [3.63, 3.8) is 0 Å². The maximum atomic E-state index is 12.0. The van der Waals surface area contributed by atoms with Crippen LogP contribution in [-0.2, 0) is 19.1 Å². The number of hydrogen-bond acceptors (Lipinski definition) is 4. The van der Waals surface area contributed by atoms with Crippen LogP contribution in [0.4, 0.5) is 0 Å². The van der Waals surface area contributed by atoms with Gasteiger partial charge in [0.15, 0.2) is 0 Å². The first-order valence-electron chi connectivity index (χ1n) is 7.97. The molecule has 2 amide bonds. The highest BCUT2D eigenvalue weighted by atomic mass is 16.5. The van der Waals surface area contributed by atoms with E-state index in [1.807, 2.05) is 13.8 Å². The van der Waals surface area contributed by atoms with E-state index in [1.165, 1.54) is 0 Å². The van der Waals surface area contributed by atoms with Gasteiger partial charge in [0.25, 0.3) is 0 Å². The van der Waals surface area contributed by atoms with E-state index in [9.17, 15) is 14.4 Å². The SMILES string of the molecule is CCOC(=O)C(C)(C)CC(CCC(=O)N(CC)CC)NC=O. The predicted molar refractivity (Wildman–Crippen MR) is 85.2 cm³/mol. The number of nitrogens with one attached hydrogen (secondary N) is 1. The molecule has 0 saturated heterocycles. The number of hydrogen-bond donors (Lipinski definition) is 1. The van der Waals surface area contributed by atoms with E-state index in [2.05, 4.69) is 5.32 Å². The third kappa shape index (κ3) is 6.91. The lowest BCUT2D eigenvalue weighted by Crippen LogP contribution is -2.39. The maximum absolute atomic E-state index is 12.0. The van der Waals surface area contributed by atoms with Crippen molar-refractivity contribution in [3.8, 4) is 0 Å². The van der Waals surface area contributed by atoms with Crippen molar-refractivity contribution in [3.05, 3.63) is 0 Å². The number of amides is 2. The van der Waals surface area contributed by atoms with Crippen molar-refractivity contribution in [2.24, 2.45) is 5.41 Å². The quantitative estimate of drug-likeness (QED) is 0.465. The molecule has 0 aromatic rings. The van der Waals surface area contributed by atoms with Crippen LogP contribution in [-0.4, -0.2) is 48.9 Å². The summed E-state index contributed by atoms with van der Waals surface area (Å²) in [4.78, 5) is 36.5. The number of ether oxygens (including phenoxy) is 1. The summed E-state index contributed by atoms with van der Waals surface area (Å²) in [6.45, 7) is 10.9. The van der Waals surface area contributed by atoms with E-state index >= 15 is 0 Å². The van der Waals surface area contributed by atoms with E-state index in [4.69, 9.17) is 4.74 Å². The van der Waals surface area contributed by atoms with Gasteiger partial charge in [-0.25, -0.2) is 0 Å². The Morgan fingerprint density at radius 2 is 1.82 bits per heavy atom. The minimum atomic E-state index is -0.699. The Bertz CT molecular complexity index is 365. The van der Waals surface area contributed by atoms with Crippen LogP contribution in [0.1, 0.15) is 53.9 Å². The van der Waals surface area contributed by atoms with Crippen LogP contribution in [0, 0.1) is 5.41 Å². The molecular formula is C16H30N2O4. The monoisotopic (exact) mass is 314 g/mol. The molecule has 128 valence electrons. The second kappa shape index (κ2) is 10.2. The fraction of sp³-hybridized carbons (Fsp3) is 0.812. The Morgan fingerprint density at radius 3 is 2.27 bits per heavy atom. The van der Waals surface area contributed by atoms with E-state index < -0.39 is 5.41 Å². The molecule has 1 N–H and O–H groups in total. The smallest absolute Gasteiger partial charge is 0.311 e. The molecule has 0 rings (SSSR count). The fourth-order valence-electron chi connectivity index (χ4n) is 2.40. The molecule has 0 aliphatic heterocycles. The van der Waals surface area contributed by atoms with E-state index in [-0.39, 0.29) is 17.9 Å². The summed E-state index contributed by atoms with van der Waals surface area (Å²) in [7, 11) is 0. The zero-order chi connectivity index (χ0) is 17.2. The average Bonchev–Trinajstić information content (AvgIpc) is 2.46. The minimum absolute atomic E-state index is 0.0663. The lowest BCUT2D eigenvalue weighted by Gasteiger charge is -2.28. The first-order valence-corrected chi connectivity index (χ1v) is 7.97. The van der Waals surface area contributed by atoms with E-state index in [0.717, 1.165) is 0 Å². The maximum Gasteiger partial charge on any atom is 0.311 e. The Morgan fingerprint density at radius 1 is 1.23 bits per heavy atom. The third-order valence-electron chi connectivity index (χ3n) is 3.71. The normalized spacial score (nSPS) is 12.4. The van der Waals surface area contributed by atoms with Crippen molar-refractivity contribution in [1.29, 1.82) is 0 Å². The molecule has 0 aliphatic rings. The standard InChI is InChI=1S/C16H30N2O4/c1-6-18(7-2)14(20)10-9-13(17-12-19)11-16(4,5)15(21)22-8-3/h12-13H,6-11H2,1-5H3,(H,17,19). The Hall–Kier alpha value is -1.59. The third-order valence-corrected chi connectivity index (χ3v) is 3.71. The molecule has 0 aliphatic carbocycles. The van der Waals surface area contributed by atoms with Crippen LogP contribution >= 0.6 is 0 Å². The predicted octanol–water partition coefficient (Wildman–Crippen LogP) is 1.73. The summed E-state index contributed by atoms with van der Waals surface area (Å²) in [6, 6.07) is -0.226. The summed E-state index contributed by atoms with van der Waals surface area (Å²) >= 11 is 0. The highest BCUT2D eigenvalue weighted by molar-refractivity contribution is 5.77. The largest absolute Gasteiger partial charge is 0.466 e. The number of esters is 1. The zero-order valence-corrected chi connectivity index (χ0v) is 14.5. The molecule has 6 nitrogen and oxygen atoms in total. The van der Waals surface area contributed by atoms with Crippen molar-refractivity contribution < 1.29 is 19.1 Å². The lowest BCUT2D eigenvalue weighted by molar-refractivity contribution is -0.154. The molecule has 1 unspecified atom stereocenters. The Kier molecular flexibility index (Phi) is 9.45. The van der Waals surface area contributed by atoms with Gasteiger partial charge in [-0.15, -0.1) is 0 Å². The summed E-state index contributed by atoms with van der Waals surface area (Å²) in [5.41, 5.74) is -0.699. The van der Waals surface area contributed by atoms with Gasteiger partial charge in [-0.1, -0.05) is 0 Å². The molecule has 0 fully saturated rings. The van der Waals surface area contributed by atoms with Crippen LogP contribution in [0.25, 0.3) is 0 Å². The topological polar surface area (TPSA) is 75.7 Å². The van der Waals surface area contributed by atoms with Crippen LogP contribution in [0.15, 0.2) is 0 Å². The van der Waals surface area contributed by atoms with Gasteiger partial charge < -0.3 is 15.0 Å². The molecule has 0 aromatic heterocycles. The molecule has 0 heterocycles. The second-order valence-electron chi connectivity index (χ2n) is 5.89.